The number of hydrogen-bond acceptors (Lipinski definition) is 4. The molecular formula is C27H29N3O4S. The van der Waals surface area contributed by atoms with Crippen molar-refractivity contribution in [3.63, 3.8) is 0 Å². The maximum atomic E-state index is 13.6. The fraction of sp³-hybridized carbons (Fsp3) is 0.259. The minimum absolute atomic E-state index is 0.0199. The molecule has 0 radical (unpaired) electrons. The van der Waals surface area contributed by atoms with E-state index in [0.717, 1.165) is 22.3 Å². The average molecular weight is 492 g/mol. The molecule has 1 atom stereocenters. The van der Waals surface area contributed by atoms with Gasteiger partial charge < -0.3 is 10.6 Å². The van der Waals surface area contributed by atoms with E-state index in [1.807, 2.05) is 55.5 Å². The zero-order valence-electron chi connectivity index (χ0n) is 19.8. The van der Waals surface area contributed by atoms with Crippen LogP contribution in [-0.4, -0.2) is 31.1 Å². The van der Waals surface area contributed by atoms with Gasteiger partial charge in [0.25, 0.3) is 0 Å². The molecule has 2 amide bonds. The molecule has 0 aromatic heterocycles. The van der Waals surface area contributed by atoms with Gasteiger partial charge in [0.1, 0.15) is 0 Å². The smallest absolute Gasteiger partial charge is 0.243 e. The van der Waals surface area contributed by atoms with Crippen LogP contribution < -0.4 is 10.6 Å². The summed E-state index contributed by atoms with van der Waals surface area (Å²) in [4.78, 5) is 24.4. The number of hydrogen-bond donors (Lipinski definition) is 2. The number of aryl methyl sites for hydroxylation is 1. The molecule has 1 heterocycles. The van der Waals surface area contributed by atoms with Crippen molar-refractivity contribution in [2.45, 2.75) is 44.2 Å². The Morgan fingerprint density at radius 3 is 2.34 bits per heavy atom. The predicted octanol–water partition coefficient (Wildman–Crippen LogP) is 3.95. The van der Waals surface area contributed by atoms with Crippen molar-refractivity contribution in [1.29, 1.82) is 0 Å². The molecule has 3 aromatic carbocycles. The molecule has 0 saturated carbocycles. The van der Waals surface area contributed by atoms with Crippen LogP contribution in [0, 0.1) is 6.92 Å². The molecule has 1 aliphatic rings. The Hall–Kier alpha value is -3.49. The molecule has 2 N–H and O–H groups in total. The molecule has 7 nitrogen and oxygen atoms in total. The number of amides is 2. The number of carbonyl (C=O) groups excluding carboxylic acids is 2. The van der Waals surface area contributed by atoms with E-state index in [1.54, 1.807) is 12.1 Å². The quantitative estimate of drug-likeness (QED) is 0.523. The van der Waals surface area contributed by atoms with Gasteiger partial charge in [0.05, 0.1) is 10.9 Å². The van der Waals surface area contributed by atoms with Crippen molar-refractivity contribution in [1.82, 2.24) is 9.62 Å². The van der Waals surface area contributed by atoms with Crippen molar-refractivity contribution in [3.05, 3.63) is 95.1 Å². The molecule has 3 aromatic rings. The second kappa shape index (κ2) is 10.4. The van der Waals surface area contributed by atoms with Crippen LogP contribution in [0.5, 0.6) is 0 Å². The maximum absolute atomic E-state index is 13.6. The van der Waals surface area contributed by atoms with Crippen LogP contribution in [0.1, 0.15) is 41.6 Å². The number of rotatable bonds is 7. The van der Waals surface area contributed by atoms with Gasteiger partial charge in [-0.05, 0) is 54.3 Å². The number of nitrogens with zero attached hydrogens (tertiary/aromatic N) is 1. The van der Waals surface area contributed by atoms with E-state index < -0.39 is 16.1 Å². The van der Waals surface area contributed by atoms with Crippen molar-refractivity contribution in [2.24, 2.45) is 0 Å². The van der Waals surface area contributed by atoms with Crippen LogP contribution in [0.4, 0.5) is 5.69 Å². The largest absolute Gasteiger partial charge is 0.352 e. The van der Waals surface area contributed by atoms with Crippen molar-refractivity contribution in [3.8, 4) is 0 Å². The highest BCUT2D eigenvalue weighted by atomic mass is 32.2. The summed E-state index contributed by atoms with van der Waals surface area (Å²) in [5, 5.41) is 5.57. The second-order valence-corrected chi connectivity index (χ2v) is 10.6. The van der Waals surface area contributed by atoms with Crippen LogP contribution in [0.2, 0.25) is 0 Å². The van der Waals surface area contributed by atoms with Crippen molar-refractivity contribution >= 4 is 27.5 Å². The Morgan fingerprint density at radius 1 is 0.971 bits per heavy atom. The molecule has 0 bridgehead atoms. The van der Waals surface area contributed by atoms with E-state index in [4.69, 9.17) is 0 Å². The summed E-state index contributed by atoms with van der Waals surface area (Å²) in [6.07, 6.45) is 0.590. The topological polar surface area (TPSA) is 95.6 Å². The SMILES string of the molecule is CC(=O)Nc1ccc(S(=O)(=O)N2CCc3ccccc3[C@H]2CC(=O)NCc2ccc(C)cc2)cc1. The first-order valence-corrected chi connectivity index (χ1v) is 13.0. The summed E-state index contributed by atoms with van der Waals surface area (Å²) < 4.78 is 28.7. The Bertz CT molecular complexity index is 1320. The molecule has 1 aliphatic heterocycles. The Labute approximate surface area is 206 Å². The highest BCUT2D eigenvalue weighted by Gasteiger charge is 2.37. The van der Waals surface area contributed by atoms with Gasteiger partial charge in [-0.1, -0.05) is 54.1 Å². The van der Waals surface area contributed by atoms with Gasteiger partial charge in [0.15, 0.2) is 0 Å². The first-order chi connectivity index (χ1) is 16.7. The standard InChI is InChI=1S/C27H29N3O4S/c1-19-7-9-21(10-8-19)18-28-27(32)17-26-25-6-4-3-5-22(25)15-16-30(26)35(33,34)24-13-11-23(12-14-24)29-20(2)31/h3-14,26H,15-18H2,1-2H3,(H,28,32)(H,29,31)/t26-/m1/s1. The summed E-state index contributed by atoms with van der Waals surface area (Å²) in [7, 11) is -3.88. The van der Waals surface area contributed by atoms with Gasteiger partial charge in [-0.15, -0.1) is 0 Å². The minimum atomic E-state index is -3.88. The first kappa shape index (κ1) is 24.6. The molecular weight excluding hydrogens is 462 g/mol. The number of sulfonamides is 1. The lowest BCUT2D eigenvalue weighted by Gasteiger charge is -2.36. The second-order valence-electron chi connectivity index (χ2n) is 8.75. The molecule has 4 rings (SSSR count). The first-order valence-electron chi connectivity index (χ1n) is 11.5. The number of carbonyl (C=O) groups is 2. The van der Waals surface area contributed by atoms with Gasteiger partial charge in [-0.2, -0.15) is 4.31 Å². The lowest BCUT2D eigenvalue weighted by molar-refractivity contribution is -0.122. The highest BCUT2D eigenvalue weighted by Crippen LogP contribution is 2.36. The third-order valence-corrected chi connectivity index (χ3v) is 8.06. The zero-order chi connectivity index (χ0) is 25.0. The molecule has 0 saturated heterocycles. The summed E-state index contributed by atoms with van der Waals surface area (Å²) in [6.45, 7) is 4.06. The van der Waals surface area contributed by atoms with E-state index in [1.165, 1.54) is 23.4 Å². The van der Waals surface area contributed by atoms with Crippen LogP contribution >= 0.6 is 0 Å². The van der Waals surface area contributed by atoms with Gasteiger partial charge in [-0.3, -0.25) is 9.59 Å². The number of fused-ring (bicyclic) bond motifs is 1. The van der Waals surface area contributed by atoms with Crippen molar-refractivity contribution in [2.75, 3.05) is 11.9 Å². The lowest BCUT2D eigenvalue weighted by atomic mass is 9.92. The van der Waals surface area contributed by atoms with E-state index in [0.29, 0.717) is 18.7 Å². The molecule has 0 aliphatic carbocycles. The molecule has 182 valence electrons. The third-order valence-electron chi connectivity index (χ3n) is 6.13. The maximum Gasteiger partial charge on any atom is 0.243 e. The van der Waals surface area contributed by atoms with Gasteiger partial charge in [-0.25, -0.2) is 8.42 Å². The summed E-state index contributed by atoms with van der Waals surface area (Å²) in [6, 6.07) is 21.1. The summed E-state index contributed by atoms with van der Waals surface area (Å²) in [5.74, 6) is -0.446. The average Bonchev–Trinajstić information content (AvgIpc) is 2.84. The fourth-order valence-electron chi connectivity index (χ4n) is 4.33. The van der Waals surface area contributed by atoms with Gasteiger partial charge in [0, 0.05) is 32.1 Å². The Balaban J connectivity index is 1.57. The Morgan fingerprint density at radius 2 is 1.66 bits per heavy atom. The fourth-order valence-corrected chi connectivity index (χ4v) is 5.94. The van der Waals surface area contributed by atoms with Crippen molar-refractivity contribution < 1.29 is 18.0 Å². The van der Waals surface area contributed by atoms with Crippen LogP contribution in [0.15, 0.2) is 77.7 Å². The van der Waals surface area contributed by atoms with Crippen LogP contribution in [0.3, 0.4) is 0 Å². The zero-order valence-corrected chi connectivity index (χ0v) is 20.6. The predicted molar refractivity (Wildman–Crippen MR) is 135 cm³/mol. The summed E-state index contributed by atoms with van der Waals surface area (Å²) in [5.41, 5.74) is 4.55. The van der Waals surface area contributed by atoms with E-state index in [9.17, 15) is 18.0 Å². The summed E-state index contributed by atoms with van der Waals surface area (Å²) >= 11 is 0. The van der Waals surface area contributed by atoms with Crippen LogP contribution in [0.25, 0.3) is 0 Å². The molecule has 8 heteroatoms. The molecule has 35 heavy (non-hydrogen) atoms. The third kappa shape index (κ3) is 5.78. The lowest BCUT2D eigenvalue weighted by Crippen LogP contribution is -2.42. The number of nitrogens with one attached hydrogen (secondary N) is 2. The van der Waals surface area contributed by atoms with E-state index in [-0.39, 0.29) is 29.7 Å². The number of anilines is 1. The molecule has 0 unspecified atom stereocenters. The Kier molecular flexibility index (Phi) is 7.33. The molecule has 0 fully saturated rings. The highest BCUT2D eigenvalue weighted by molar-refractivity contribution is 7.89. The van der Waals surface area contributed by atoms with Gasteiger partial charge in [0.2, 0.25) is 21.8 Å². The number of benzene rings is 3. The van der Waals surface area contributed by atoms with E-state index in [2.05, 4.69) is 10.6 Å². The minimum Gasteiger partial charge on any atom is -0.352 e. The van der Waals surface area contributed by atoms with Gasteiger partial charge >= 0.3 is 0 Å². The van der Waals surface area contributed by atoms with Crippen LogP contribution in [-0.2, 0) is 32.6 Å². The monoisotopic (exact) mass is 491 g/mol. The van der Waals surface area contributed by atoms with E-state index >= 15 is 0 Å². The normalized spacial score (nSPS) is 15.8. The molecule has 0 spiro atoms.